The van der Waals surface area contributed by atoms with E-state index in [0.717, 1.165) is 0 Å². The summed E-state index contributed by atoms with van der Waals surface area (Å²) in [5.74, 6) is 0.466. The van der Waals surface area contributed by atoms with Crippen molar-refractivity contribution in [3.8, 4) is 11.1 Å². The van der Waals surface area contributed by atoms with Gasteiger partial charge in [-0.15, -0.1) is 0 Å². The van der Waals surface area contributed by atoms with Crippen LogP contribution in [0, 0.1) is 12.7 Å². The van der Waals surface area contributed by atoms with Gasteiger partial charge in [0.05, 0.1) is 24.0 Å². The van der Waals surface area contributed by atoms with E-state index < -0.39 is 11.8 Å². The Balaban J connectivity index is 1.71. The first-order valence-electron chi connectivity index (χ1n) is 11.7. The van der Waals surface area contributed by atoms with Crippen molar-refractivity contribution in [2.75, 3.05) is 29.6 Å². The number of pyridine rings is 2. The Labute approximate surface area is 212 Å². The van der Waals surface area contributed by atoms with Crippen LogP contribution in [-0.2, 0) is 12.0 Å². The Morgan fingerprint density at radius 3 is 2.51 bits per heavy atom. The quantitative estimate of drug-likeness (QED) is 0.302. The first kappa shape index (κ1) is 25.8. The minimum Gasteiger partial charge on any atom is -0.424 e. The van der Waals surface area contributed by atoms with Crippen molar-refractivity contribution < 1.29 is 18.7 Å². The van der Waals surface area contributed by atoms with Crippen LogP contribution in [0.3, 0.4) is 0 Å². The topological polar surface area (TPSA) is 134 Å². The molecule has 0 bridgehead atoms. The number of nitrogens with one attached hydrogen (secondary N) is 3. The maximum atomic E-state index is 14.8. The van der Waals surface area contributed by atoms with Gasteiger partial charge in [0.2, 0.25) is 11.8 Å². The van der Waals surface area contributed by atoms with Gasteiger partial charge in [-0.05, 0) is 36.2 Å². The Hall–Kier alpha value is -4.25. The number of nitrogens with zero attached hydrogens (tertiary/aromatic N) is 3. The molecule has 2 amide bonds. The van der Waals surface area contributed by atoms with E-state index in [0.29, 0.717) is 33.7 Å². The lowest BCUT2D eigenvalue weighted by Gasteiger charge is -2.16. The number of carbonyl (C=O) groups is 1. The summed E-state index contributed by atoms with van der Waals surface area (Å²) >= 11 is 0. The summed E-state index contributed by atoms with van der Waals surface area (Å²) in [6.07, 6.45) is 3.00. The molecule has 37 heavy (non-hydrogen) atoms. The second-order valence-corrected chi connectivity index (χ2v) is 9.62. The SMILES string of the molecule is CNc1cc2c(cn1)cc(-c1cc(NC(=O)Nc3cnc(C(C)(C)C)o3)c(F)cc1C)c(=O)n2CCO. The molecule has 10 nitrogen and oxygen atoms in total. The molecule has 3 aromatic heterocycles. The van der Waals surface area contributed by atoms with E-state index in [1.165, 1.54) is 22.9 Å². The number of hydrogen-bond donors (Lipinski definition) is 4. The molecule has 0 aliphatic rings. The molecular formula is C26H29FN6O4. The lowest BCUT2D eigenvalue weighted by atomic mass is 9.97. The predicted octanol–water partition coefficient (Wildman–Crippen LogP) is 4.47. The highest BCUT2D eigenvalue weighted by Crippen LogP contribution is 2.30. The number of oxazole rings is 1. The Morgan fingerprint density at radius 1 is 1.11 bits per heavy atom. The van der Waals surface area contributed by atoms with Crippen LogP contribution < -0.4 is 21.5 Å². The summed E-state index contributed by atoms with van der Waals surface area (Å²) in [5, 5.41) is 18.2. The van der Waals surface area contributed by atoms with E-state index in [9.17, 15) is 19.1 Å². The lowest BCUT2D eigenvalue weighted by Crippen LogP contribution is -2.24. The first-order chi connectivity index (χ1) is 17.5. The van der Waals surface area contributed by atoms with Crippen molar-refractivity contribution in [3.05, 3.63) is 64.3 Å². The van der Waals surface area contributed by atoms with Crippen molar-refractivity contribution in [1.82, 2.24) is 14.5 Å². The van der Waals surface area contributed by atoms with Gasteiger partial charge in [-0.2, -0.15) is 0 Å². The van der Waals surface area contributed by atoms with Crippen molar-refractivity contribution in [3.63, 3.8) is 0 Å². The summed E-state index contributed by atoms with van der Waals surface area (Å²) in [5.41, 5.74) is 0.985. The minimum absolute atomic E-state index is 0.0673. The minimum atomic E-state index is -0.731. The molecule has 0 unspecified atom stereocenters. The molecule has 4 rings (SSSR count). The van der Waals surface area contributed by atoms with Gasteiger partial charge < -0.3 is 24.7 Å². The van der Waals surface area contributed by atoms with Gasteiger partial charge in [0.15, 0.2) is 0 Å². The van der Waals surface area contributed by atoms with Crippen LogP contribution in [0.25, 0.3) is 22.0 Å². The molecule has 0 atom stereocenters. The number of rotatable bonds is 6. The fraction of sp³-hybridized carbons (Fsp3) is 0.308. The number of urea groups is 1. The highest BCUT2D eigenvalue weighted by Gasteiger charge is 2.21. The third-order valence-electron chi connectivity index (χ3n) is 5.79. The van der Waals surface area contributed by atoms with Gasteiger partial charge >= 0.3 is 6.03 Å². The standard InChI is InChI=1S/C26H29FN6O4/c1-14-8-18(27)19(31-25(36)32-22-13-30-24(37-22)26(2,3)4)10-16(14)17-9-15-12-29-21(28-5)11-20(15)33(6-7-34)23(17)35/h8-13,34H,6-7H2,1-5H3,(H,28,29)(H2,31,32,36). The largest absolute Gasteiger partial charge is 0.424 e. The average Bonchev–Trinajstić information content (AvgIpc) is 3.31. The number of aliphatic hydroxyl groups excluding tert-OH is 1. The molecule has 4 aromatic rings. The highest BCUT2D eigenvalue weighted by molar-refractivity contribution is 5.99. The summed E-state index contributed by atoms with van der Waals surface area (Å²) < 4.78 is 21.8. The number of amides is 2. The number of halogens is 1. The maximum absolute atomic E-state index is 14.8. The van der Waals surface area contributed by atoms with Crippen LogP contribution >= 0.6 is 0 Å². The normalized spacial score (nSPS) is 11.5. The number of anilines is 3. The summed E-state index contributed by atoms with van der Waals surface area (Å²) in [7, 11) is 1.72. The van der Waals surface area contributed by atoms with Crippen LogP contribution in [-0.4, -0.2) is 39.3 Å². The fourth-order valence-electron chi connectivity index (χ4n) is 3.93. The Kier molecular flexibility index (Phi) is 6.99. The second kappa shape index (κ2) is 10.0. The van der Waals surface area contributed by atoms with E-state index in [1.54, 1.807) is 32.3 Å². The zero-order chi connectivity index (χ0) is 26.9. The highest BCUT2D eigenvalue weighted by atomic mass is 19.1. The molecular weight excluding hydrogens is 479 g/mol. The second-order valence-electron chi connectivity index (χ2n) is 9.62. The molecule has 1 aromatic carbocycles. The molecule has 3 heterocycles. The Morgan fingerprint density at radius 2 is 1.86 bits per heavy atom. The smallest absolute Gasteiger partial charge is 0.326 e. The zero-order valence-electron chi connectivity index (χ0n) is 21.3. The van der Waals surface area contributed by atoms with Gasteiger partial charge in [-0.1, -0.05) is 20.8 Å². The van der Waals surface area contributed by atoms with Crippen molar-refractivity contribution in [2.45, 2.75) is 39.7 Å². The van der Waals surface area contributed by atoms with E-state index >= 15 is 0 Å². The monoisotopic (exact) mass is 508 g/mol. The van der Waals surface area contributed by atoms with Crippen LogP contribution in [0.15, 0.2) is 45.9 Å². The van der Waals surface area contributed by atoms with Crippen LogP contribution in [0.1, 0.15) is 32.2 Å². The van der Waals surface area contributed by atoms with Crippen LogP contribution in [0.2, 0.25) is 0 Å². The molecule has 0 aliphatic heterocycles. The number of benzene rings is 1. The number of fused-ring (bicyclic) bond motifs is 1. The molecule has 0 radical (unpaired) electrons. The van der Waals surface area contributed by atoms with Gasteiger partial charge in [0.25, 0.3) is 5.56 Å². The number of carbonyl (C=O) groups excluding carboxylic acids is 1. The summed E-state index contributed by atoms with van der Waals surface area (Å²) in [6, 6.07) is 5.32. The molecule has 4 N–H and O–H groups in total. The Bertz CT molecular complexity index is 1540. The zero-order valence-corrected chi connectivity index (χ0v) is 21.3. The first-order valence-corrected chi connectivity index (χ1v) is 11.7. The lowest BCUT2D eigenvalue weighted by molar-refractivity contribution is 0.261. The average molecular weight is 509 g/mol. The van der Waals surface area contributed by atoms with E-state index in [-0.39, 0.29) is 41.3 Å². The molecule has 0 saturated carbocycles. The van der Waals surface area contributed by atoms with Crippen molar-refractivity contribution >= 4 is 34.3 Å². The molecule has 0 saturated heterocycles. The summed E-state index contributed by atoms with van der Waals surface area (Å²) in [6.45, 7) is 7.25. The molecule has 0 spiro atoms. The van der Waals surface area contributed by atoms with Gasteiger partial charge in [-0.3, -0.25) is 10.1 Å². The predicted molar refractivity (Wildman–Crippen MR) is 141 cm³/mol. The van der Waals surface area contributed by atoms with Crippen molar-refractivity contribution in [1.29, 1.82) is 0 Å². The maximum Gasteiger partial charge on any atom is 0.326 e. The number of aryl methyl sites for hydroxylation is 1. The number of aliphatic hydroxyl groups is 1. The van der Waals surface area contributed by atoms with Crippen LogP contribution in [0.5, 0.6) is 0 Å². The van der Waals surface area contributed by atoms with E-state index in [2.05, 4.69) is 25.9 Å². The summed E-state index contributed by atoms with van der Waals surface area (Å²) in [4.78, 5) is 34.5. The van der Waals surface area contributed by atoms with Crippen molar-refractivity contribution in [2.24, 2.45) is 0 Å². The fourth-order valence-corrected chi connectivity index (χ4v) is 3.93. The van der Waals surface area contributed by atoms with E-state index in [4.69, 9.17) is 4.42 Å². The van der Waals surface area contributed by atoms with Crippen LogP contribution in [0.4, 0.5) is 26.6 Å². The van der Waals surface area contributed by atoms with Gasteiger partial charge in [0, 0.05) is 42.2 Å². The molecule has 0 fully saturated rings. The van der Waals surface area contributed by atoms with Gasteiger partial charge in [-0.25, -0.2) is 19.2 Å². The van der Waals surface area contributed by atoms with Gasteiger partial charge in [0.1, 0.15) is 11.6 Å². The van der Waals surface area contributed by atoms with E-state index in [1.807, 2.05) is 20.8 Å². The third kappa shape index (κ3) is 5.31. The number of hydrogen-bond acceptors (Lipinski definition) is 7. The molecule has 11 heteroatoms. The third-order valence-corrected chi connectivity index (χ3v) is 5.79. The molecule has 194 valence electrons. The molecule has 0 aliphatic carbocycles. The number of aromatic nitrogens is 3.